The molecule has 0 saturated carbocycles. The van der Waals surface area contributed by atoms with Crippen LogP contribution in [0.25, 0.3) is 0 Å². The topological polar surface area (TPSA) is 69.6 Å². The number of nitrogens with one attached hydrogen (secondary N) is 1. The van der Waals surface area contributed by atoms with Gasteiger partial charge in [0.05, 0.1) is 0 Å². The van der Waals surface area contributed by atoms with Crippen LogP contribution in [0, 0.1) is 6.92 Å². The second-order valence-electron chi connectivity index (χ2n) is 4.90. The number of hydrogen-bond acceptors (Lipinski definition) is 3. The molecule has 122 valence electrons. The Hall–Kier alpha value is -1.46. The summed E-state index contributed by atoms with van der Waals surface area (Å²) in [5, 5.41) is 11.3. The Morgan fingerprint density at radius 3 is 2.36 bits per heavy atom. The molecule has 0 aliphatic heterocycles. The quantitative estimate of drug-likeness (QED) is 0.709. The van der Waals surface area contributed by atoms with Crippen LogP contribution in [0.5, 0.6) is 0 Å². The highest BCUT2D eigenvalue weighted by atomic mass is 35.5. The number of rotatable bonds is 8. The van der Waals surface area contributed by atoms with E-state index in [-0.39, 0.29) is 0 Å². The average Bonchev–Trinajstić information content (AvgIpc) is 2.47. The summed E-state index contributed by atoms with van der Waals surface area (Å²) in [4.78, 5) is 24.9. The van der Waals surface area contributed by atoms with Gasteiger partial charge in [-0.1, -0.05) is 6.07 Å². The van der Waals surface area contributed by atoms with E-state index in [9.17, 15) is 9.59 Å². The van der Waals surface area contributed by atoms with Crippen molar-refractivity contribution in [1.29, 1.82) is 0 Å². The highest BCUT2D eigenvalue weighted by Gasteiger charge is 2.17. The van der Waals surface area contributed by atoms with Gasteiger partial charge in [-0.25, -0.2) is 0 Å². The first-order valence-electron chi connectivity index (χ1n) is 6.92. The number of benzene rings is 1. The Labute approximate surface area is 140 Å². The molecule has 1 rings (SSSR count). The highest BCUT2D eigenvalue weighted by molar-refractivity contribution is 6.18. The fourth-order valence-electron chi connectivity index (χ4n) is 1.99. The second kappa shape index (κ2) is 8.86. The van der Waals surface area contributed by atoms with E-state index < -0.39 is 17.9 Å². The molecule has 2 N–H and O–H groups in total. The van der Waals surface area contributed by atoms with E-state index in [4.69, 9.17) is 28.3 Å². The van der Waals surface area contributed by atoms with Crippen molar-refractivity contribution in [3.05, 3.63) is 29.3 Å². The Bertz CT molecular complexity index is 532. The molecule has 1 amide bonds. The van der Waals surface area contributed by atoms with Crippen molar-refractivity contribution >= 4 is 40.8 Å². The fourth-order valence-corrected chi connectivity index (χ4v) is 2.40. The van der Waals surface area contributed by atoms with Crippen molar-refractivity contribution < 1.29 is 14.7 Å². The largest absolute Gasteiger partial charge is 0.480 e. The molecule has 0 aliphatic rings. The van der Waals surface area contributed by atoms with Crippen LogP contribution in [0.1, 0.15) is 22.8 Å². The molecule has 1 aromatic carbocycles. The zero-order valence-electron chi connectivity index (χ0n) is 12.6. The first kappa shape index (κ1) is 18.6. The van der Waals surface area contributed by atoms with Crippen LogP contribution in [0.2, 0.25) is 0 Å². The third kappa shape index (κ3) is 5.07. The second-order valence-corrected chi connectivity index (χ2v) is 5.66. The minimum absolute atomic E-state index is 0.405. The molecule has 1 aromatic rings. The molecule has 0 fully saturated rings. The number of alkyl halides is 2. The molecule has 0 aromatic heterocycles. The molecule has 0 bridgehead atoms. The van der Waals surface area contributed by atoms with E-state index in [1.165, 1.54) is 6.92 Å². The minimum atomic E-state index is -1.08. The maximum absolute atomic E-state index is 12.1. The molecule has 0 heterocycles. The summed E-state index contributed by atoms with van der Waals surface area (Å²) in [6, 6.07) is 4.28. The van der Waals surface area contributed by atoms with Gasteiger partial charge in [0, 0.05) is 36.1 Å². The number of aryl methyl sites for hydroxylation is 1. The van der Waals surface area contributed by atoms with Crippen LogP contribution in [0.3, 0.4) is 0 Å². The van der Waals surface area contributed by atoms with Gasteiger partial charge in [0.2, 0.25) is 0 Å². The summed E-state index contributed by atoms with van der Waals surface area (Å²) in [6.07, 6.45) is 0. The van der Waals surface area contributed by atoms with Crippen molar-refractivity contribution in [2.75, 3.05) is 29.7 Å². The summed E-state index contributed by atoms with van der Waals surface area (Å²) < 4.78 is 0. The maximum Gasteiger partial charge on any atom is 0.325 e. The van der Waals surface area contributed by atoms with Crippen LogP contribution in [-0.2, 0) is 4.79 Å². The fraction of sp³-hybridized carbons (Fsp3) is 0.467. The number of halogens is 2. The van der Waals surface area contributed by atoms with Gasteiger partial charge in [-0.15, -0.1) is 23.2 Å². The molecular formula is C15H20Cl2N2O3. The SMILES string of the molecule is Cc1ccc(C(=O)NC(C)C(=O)O)cc1N(CCCl)CCCl. The van der Waals surface area contributed by atoms with Crippen LogP contribution in [-0.4, -0.2) is 47.9 Å². The predicted octanol–water partition coefficient (Wildman–Crippen LogP) is 2.48. The monoisotopic (exact) mass is 346 g/mol. The van der Waals surface area contributed by atoms with Crippen molar-refractivity contribution in [1.82, 2.24) is 5.32 Å². The molecule has 0 radical (unpaired) electrons. The molecule has 1 atom stereocenters. The average molecular weight is 347 g/mol. The van der Waals surface area contributed by atoms with Crippen LogP contribution in [0.15, 0.2) is 18.2 Å². The van der Waals surface area contributed by atoms with E-state index in [1.54, 1.807) is 12.1 Å². The van der Waals surface area contributed by atoms with Crippen LogP contribution < -0.4 is 10.2 Å². The van der Waals surface area contributed by atoms with Gasteiger partial charge < -0.3 is 15.3 Å². The number of nitrogens with zero attached hydrogens (tertiary/aromatic N) is 1. The van der Waals surface area contributed by atoms with E-state index in [0.29, 0.717) is 30.4 Å². The maximum atomic E-state index is 12.1. The Morgan fingerprint density at radius 2 is 1.86 bits per heavy atom. The van der Waals surface area contributed by atoms with Crippen molar-refractivity contribution in [2.24, 2.45) is 0 Å². The van der Waals surface area contributed by atoms with Gasteiger partial charge in [-0.2, -0.15) is 0 Å². The summed E-state index contributed by atoms with van der Waals surface area (Å²) in [7, 11) is 0. The van der Waals surface area contributed by atoms with Crippen molar-refractivity contribution in [2.45, 2.75) is 19.9 Å². The normalized spacial score (nSPS) is 11.8. The summed E-state index contributed by atoms with van der Waals surface area (Å²) in [5.41, 5.74) is 2.28. The lowest BCUT2D eigenvalue weighted by atomic mass is 10.1. The zero-order valence-corrected chi connectivity index (χ0v) is 14.1. The van der Waals surface area contributed by atoms with Gasteiger partial charge in [-0.05, 0) is 31.5 Å². The van der Waals surface area contributed by atoms with Gasteiger partial charge >= 0.3 is 5.97 Å². The number of carbonyl (C=O) groups is 2. The van der Waals surface area contributed by atoms with Crippen LogP contribution in [0.4, 0.5) is 5.69 Å². The van der Waals surface area contributed by atoms with E-state index in [0.717, 1.165) is 11.3 Å². The molecule has 0 aliphatic carbocycles. The van der Waals surface area contributed by atoms with E-state index in [2.05, 4.69) is 5.32 Å². The molecule has 1 unspecified atom stereocenters. The molecular weight excluding hydrogens is 327 g/mol. The Balaban J connectivity index is 3.01. The summed E-state index contributed by atoms with van der Waals surface area (Å²) in [6.45, 7) is 4.59. The minimum Gasteiger partial charge on any atom is -0.480 e. The number of carbonyl (C=O) groups excluding carboxylic acids is 1. The van der Waals surface area contributed by atoms with E-state index in [1.807, 2.05) is 17.9 Å². The number of carboxylic acid groups (broad SMARTS) is 1. The smallest absolute Gasteiger partial charge is 0.325 e. The lowest BCUT2D eigenvalue weighted by Gasteiger charge is -2.25. The molecule has 7 heteroatoms. The summed E-state index contributed by atoms with van der Waals surface area (Å²) >= 11 is 11.6. The Kier molecular flexibility index (Phi) is 7.48. The summed E-state index contributed by atoms with van der Waals surface area (Å²) in [5.74, 6) is -0.606. The highest BCUT2D eigenvalue weighted by Crippen LogP contribution is 2.22. The number of carboxylic acids is 1. The Morgan fingerprint density at radius 1 is 1.27 bits per heavy atom. The van der Waals surface area contributed by atoms with Crippen molar-refractivity contribution in [3.8, 4) is 0 Å². The molecule has 0 saturated heterocycles. The zero-order chi connectivity index (χ0) is 16.7. The van der Waals surface area contributed by atoms with Gasteiger partial charge in [0.1, 0.15) is 6.04 Å². The van der Waals surface area contributed by atoms with Gasteiger partial charge in [-0.3, -0.25) is 9.59 Å². The first-order valence-corrected chi connectivity index (χ1v) is 7.98. The number of hydrogen-bond donors (Lipinski definition) is 2. The number of anilines is 1. The third-order valence-electron chi connectivity index (χ3n) is 3.24. The first-order chi connectivity index (χ1) is 10.4. The van der Waals surface area contributed by atoms with Gasteiger partial charge in [0.25, 0.3) is 5.91 Å². The lowest BCUT2D eigenvalue weighted by Crippen LogP contribution is -2.38. The molecule has 0 spiro atoms. The van der Waals surface area contributed by atoms with Gasteiger partial charge in [0.15, 0.2) is 0 Å². The third-order valence-corrected chi connectivity index (χ3v) is 3.58. The van der Waals surface area contributed by atoms with Crippen LogP contribution >= 0.6 is 23.2 Å². The lowest BCUT2D eigenvalue weighted by molar-refractivity contribution is -0.138. The standard InChI is InChI=1S/C15H20Cl2N2O3/c1-10-3-4-12(14(20)18-11(2)15(21)22)9-13(10)19(7-5-16)8-6-17/h3-4,9,11H,5-8H2,1-2H3,(H,18,20)(H,21,22). The molecule has 5 nitrogen and oxygen atoms in total. The van der Waals surface area contributed by atoms with E-state index >= 15 is 0 Å². The number of aliphatic carboxylic acids is 1. The predicted molar refractivity (Wildman–Crippen MR) is 89.4 cm³/mol. The van der Waals surface area contributed by atoms with Crippen molar-refractivity contribution in [3.63, 3.8) is 0 Å². The molecule has 22 heavy (non-hydrogen) atoms. The number of amides is 1.